The number of benzene rings is 3. The Morgan fingerprint density at radius 1 is 0.969 bits per heavy atom. The van der Waals surface area contributed by atoms with Crippen molar-refractivity contribution in [3.8, 4) is 0 Å². The Kier molecular flexibility index (Phi) is 4.30. The van der Waals surface area contributed by atoms with E-state index in [1.165, 1.54) is 24.3 Å². The first kappa shape index (κ1) is 19.4. The summed E-state index contributed by atoms with van der Waals surface area (Å²) in [5.74, 6) is -1.37. The normalized spacial score (nSPS) is 28.5. The fourth-order valence-electron chi connectivity index (χ4n) is 6.36. The molecule has 0 aliphatic carbocycles. The molecule has 3 heterocycles. The molecule has 4 nitrogen and oxygen atoms in total. The minimum absolute atomic E-state index is 0.0868. The number of Topliss-reactive ketones (excluding diaryl/α,β-unsaturated/α-hetero) is 1. The highest BCUT2D eigenvalue weighted by Gasteiger charge is 2.69. The Bertz CT molecular complexity index is 1210. The second-order valence-electron chi connectivity index (χ2n) is 8.95. The summed E-state index contributed by atoms with van der Waals surface area (Å²) in [5, 5.41) is 3.07. The molecule has 1 amide bonds. The van der Waals surface area contributed by atoms with E-state index in [4.69, 9.17) is 0 Å². The van der Waals surface area contributed by atoms with Gasteiger partial charge in [-0.1, -0.05) is 48.5 Å². The molecule has 1 spiro atoms. The van der Waals surface area contributed by atoms with E-state index in [1.807, 2.05) is 42.5 Å². The van der Waals surface area contributed by atoms with Gasteiger partial charge in [-0.3, -0.25) is 14.5 Å². The number of nitrogens with one attached hydrogen (secondary N) is 1. The zero-order valence-corrected chi connectivity index (χ0v) is 17.5. The summed E-state index contributed by atoms with van der Waals surface area (Å²) in [6, 6.07) is 23.6. The third-order valence-corrected chi connectivity index (χ3v) is 7.50. The molecule has 0 bridgehead atoms. The van der Waals surface area contributed by atoms with Crippen LogP contribution in [0.15, 0.2) is 78.9 Å². The summed E-state index contributed by atoms with van der Waals surface area (Å²) >= 11 is 0. The first-order valence-corrected chi connectivity index (χ1v) is 11.1. The Morgan fingerprint density at radius 3 is 2.47 bits per heavy atom. The van der Waals surface area contributed by atoms with Crippen LogP contribution in [-0.4, -0.2) is 29.2 Å². The maximum Gasteiger partial charge on any atom is 0.250 e. The molecule has 3 aliphatic rings. The van der Waals surface area contributed by atoms with Crippen molar-refractivity contribution in [1.29, 1.82) is 0 Å². The standard InChI is InChI=1S/C27H23FN2O2/c28-19-14-12-18(13-15-19)25(31)24-23(17-7-2-1-3-8-17)22-11-6-16-30(22)27(24)20-9-4-5-10-21(20)29-26(27)32/h1-5,7-10,12-15,22-24H,6,11,16H2,(H,29,32)/t22-,23+,24-,27-/m0/s1. The van der Waals surface area contributed by atoms with E-state index in [1.54, 1.807) is 0 Å². The van der Waals surface area contributed by atoms with E-state index in [0.29, 0.717) is 5.56 Å². The maximum absolute atomic E-state index is 14.2. The van der Waals surface area contributed by atoms with Gasteiger partial charge in [-0.15, -0.1) is 0 Å². The number of amides is 1. The smallest absolute Gasteiger partial charge is 0.250 e. The lowest BCUT2D eigenvalue weighted by Gasteiger charge is -2.36. The third kappa shape index (κ3) is 2.51. The lowest BCUT2D eigenvalue weighted by Crippen LogP contribution is -2.52. The van der Waals surface area contributed by atoms with E-state index < -0.39 is 11.5 Å². The number of fused-ring (bicyclic) bond motifs is 4. The van der Waals surface area contributed by atoms with Crippen molar-refractivity contribution in [3.63, 3.8) is 0 Å². The summed E-state index contributed by atoms with van der Waals surface area (Å²) in [6.07, 6.45) is 1.92. The van der Waals surface area contributed by atoms with Crippen LogP contribution < -0.4 is 5.32 Å². The minimum Gasteiger partial charge on any atom is -0.324 e. The number of carbonyl (C=O) groups excluding carboxylic acids is 2. The van der Waals surface area contributed by atoms with Gasteiger partial charge in [0.05, 0.1) is 5.92 Å². The average Bonchev–Trinajstić information content (AvgIpc) is 3.48. The van der Waals surface area contributed by atoms with Crippen LogP contribution in [0.1, 0.15) is 40.2 Å². The molecule has 6 rings (SSSR count). The molecule has 32 heavy (non-hydrogen) atoms. The van der Waals surface area contributed by atoms with E-state index in [9.17, 15) is 14.0 Å². The molecule has 0 radical (unpaired) electrons. The predicted octanol–water partition coefficient (Wildman–Crippen LogP) is 4.73. The van der Waals surface area contributed by atoms with E-state index in [0.717, 1.165) is 36.2 Å². The van der Waals surface area contributed by atoms with Gasteiger partial charge < -0.3 is 5.32 Å². The summed E-state index contributed by atoms with van der Waals surface area (Å²) in [7, 11) is 0. The highest BCUT2D eigenvalue weighted by Crippen LogP contribution is 2.61. The monoisotopic (exact) mass is 426 g/mol. The molecule has 3 aromatic rings. The van der Waals surface area contributed by atoms with Crippen LogP contribution in [0.5, 0.6) is 0 Å². The molecular formula is C27H23FN2O2. The second kappa shape index (κ2) is 7.10. The fraction of sp³-hybridized carbons (Fsp3) is 0.259. The van der Waals surface area contributed by atoms with E-state index in [2.05, 4.69) is 22.3 Å². The highest BCUT2D eigenvalue weighted by atomic mass is 19.1. The summed E-state index contributed by atoms with van der Waals surface area (Å²) < 4.78 is 13.6. The topological polar surface area (TPSA) is 49.4 Å². The molecule has 2 saturated heterocycles. The Balaban J connectivity index is 1.61. The third-order valence-electron chi connectivity index (χ3n) is 7.50. The number of hydrogen-bond donors (Lipinski definition) is 1. The van der Waals surface area contributed by atoms with Gasteiger partial charge in [-0.05, 0) is 55.3 Å². The zero-order valence-electron chi connectivity index (χ0n) is 17.5. The predicted molar refractivity (Wildman–Crippen MR) is 120 cm³/mol. The summed E-state index contributed by atoms with van der Waals surface area (Å²) in [5.41, 5.74) is 2.09. The number of carbonyl (C=O) groups is 2. The van der Waals surface area contributed by atoms with Crippen LogP contribution in [0.25, 0.3) is 0 Å². The molecule has 5 heteroatoms. The Hall–Kier alpha value is -3.31. The number of nitrogens with zero attached hydrogens (tertiary/aromatic N) is 1. The van der Waals surface area contributed by atoms with Crippen LogP contribution in [0.2, 0.25) is 0 Å². The zero-order chi connectivity index (χ0) is 21.9. The van der Waals surface area contributed by atoms with Crippen LogP contribution in [-0.2, 0) is 10.3 Å². The van der Waals surface area contributed by atoms with Gasteiger partial charge in [-0.25, -0.2) is 4.39 Å². The second-order valence-corrected chi connectivity index (χ2v) is 8.95. The van der Waals surface area contributed by atoms with Crippen molar-refractivity contribution in [3.05, 3.63) is 101 Å². The molecule has 2 fully saturated rings. The van der Waals surface area contributed by atoms with Crippen molar-refractivity contribution >= 4 is 17.4 Å². The largest absolute Gasteiger partial charge is 0.324 e. The van der Waals surface area contributed by atoms with Crippen molar-refractivity contribution in [2.24, 2.45) is 5.92 Å². The first-order valence-electron chi connectivity index (χ1n) is 11.1. The molecule has 160 valence electrons. The van der Waals surface area contributed by atoms with Crippen molar-refractivity contribution in [1.82, 2.24) is 4.90 Å². The number of ketones is 1. The molecule has 0 aromatic heterocycles. The van der Waals surface area contributed by atoms with Gasteiger partial charge in [0.2, 0.25) is 5.91 Å². The summed E-state index contributed by atoms with van der Waals surface area (Å²) in [4.78, 5) is 30.2. The number of para-hydroxylation sites is 1. The SMILES string of the molecule is O=C(c1ccc(F)cc1)[C@@H]1[C@H](c2ccccc2)[C@@H]2CCCN2[C@]12C(=O)Nc1ccccc12. The Labute approximate surface area is 186 Å². The van der Waals surface area contributed by atoms with Crippen LogP contribution in [0.3, 0.4) is 0 Å². The Morgan fingerprint density at radius 2 is 1.69 bits per heavy atom. The summed E-state index contributed by atoms with van der Waals surface area (Å²) in [6.45, 7) is 0.767. The van der Waals surface area contributed by atoms with Gasteiger partial charge in [0.15, 0.2) is 5.78 Å². The van der Waals surface area contributed by atoms with Crippen LogP contribution >= 0.6 is 0 Å². The number of anilines is 1. The van der Waals surface area contributed by atoms with Gasteiger partial charge in [0, 0.05) is 28.8 Å². The minimum atomic E-state index is -1.07. The number of halogens is 1. The number of rotatable bonds is 3. The van der Waals surface area contributed by atoms with Crippen LogP contribution in [0.4, 0.5) is 10.1 Å². The van der Waals surface area contributed by atoms with Gasteiger partial charge in [0.1, 0.15) is 11.4 Å². The fourth-order valence-corrected chi connectivity index (χ4v) is 6.36. The molecule has 0 saturated carbocycles. The molecule has 3 aromatic carbocycles. The van der Waals surface area contributed by atoms with Crippen LogP contribution in [0, 0.1) is 11.7 Å². The lowest BCUT2D eigenvalue weighted by molar-refractivity contribution is -0.127. The average molecular weight is 426 g/mol. The van der Waals surface area contributed by atoms with Crippen molar-refractivity contribution < 1.29 is 14.0 Å². The number of hydrogen-bond acceptors (Lipinski definition) is 3. The lowest BCUT2D eigenvalue weighted by atomic mass is 9.69. The first-order chi connectivity index (χ1) is 15.6. The van der Waals surface area contributed by atoms with Crippen molar-refractivity contribution in [2.75, 3.05) is 11.9 Å². The van der Waals surface area contributed by atoms with E-state index in [-0.39, 0.29) is 29.5 Å². The molecule has 1 N–H and O–H groups in total. The molecule has 3 aliphatic heterocycles. The molecular weight excluding hydrogens is 403 g/mol. The van der Waals surface area contributed by atoms with Gasteiger partial charge in [0.25, 0.3) is 0 Å². The molecule has 4 atom stereocenters. The van der Waals surface area contributed by atoms with E-state index >= 15 is 0 Å². The van der Waals surface area contributed by atoms with Gasteiger partial charge >= 0.3 is 0 Å². The van der Waals surface area contributed by atoms with Gasteiger partial charge in [-0.2, -0.15) is 0 Å². The highest BCUT2D eigenvalue weighted by molar-refractivity contribution is 6.12. The maximum atomic E-state index is 14.2. The van der Waals surface area contributed by atoms with Crippen molar-refractivity contribution in [2.45, 2.75) is 30.3 Å². The quantitative estimate of drug-likeness (QED) is 0.616. The molecule has 0 unspecified atom stereocenters.